The maximum absolute atomic E-state index is 9.47. The van der Waals surface area contributed by atoms with Gasteiger partial charge in [-0.15, -0.1) is 5.10 Å². The van der Waals surface area contributed by atoms with Gasteiger partial charge in [-0.2, -0.15) is 15.0 Å². The van der Waals surface area contributed by atoms with E-state index in [0.29, 0.717) is 30.0 Å². The van der Waals surface area contributed by atoms with Gasteiger partial charge < -0.3 is 15.4 Å². The molecule has 5 rings (SSSR count). The summed E-state index contributed by atoms with van der Waals surface area (Å²) in [6.07, 6.45) is 4.20. The van der Waals surface area contributed by atoms with E-state index in [4.69, 9.17) is 4.74 Å². The molecule has 1 aliphatic carbocycles. The van der Waals surface area contributed by atoms with Crippen LogP contribution in [0.4, 0.5) is 5.69 Å². The zero-order valence-electron chi connectivity index (χ0n) is 16.6. The fraction of sp³-hybridized carbons (Fsp3) is 0.368. The Morgan fingerprint density at radius 2 is 2.13 bits per heavy atom. The van der Waals surface area contributed by atoms with Gasteiger partial charge in [0.15, 0.2) is 23.5 Å². The minimum Gasteiger partial charge on any atom is -0.497 e. The number of aromatic nitrogens is 4. The van der Waals surface area contributed by atoms with Crippen LogP contribution in [-0.4, -0.2) is 62.6 Å². The maximum Gasteiger partial charge on any atom is 0.169 e. The molecule has 2 aromatic rings. The summed E-state index contributed by atoms with van der Waals surface area (Å²) < 4.78 is 7.07. The maximum atomic E-state index is 9.47. The Morgan fingerprint density at radius 1 is 1.27 bits per heavy atom. The first kappa shape index (κ1) is 18.1. The molecule has 11 heteroatoms. The lowest BCUT2D eigenvalue weighted by atomic mass is 10.2. The van der Waals surface area contributed by atoms with E-state index in [9.17, 15) is 5.26 Å². The lowest BCUT2D eigenvalue weighted by Crippen LogP contribution is -2.40. The number of tetrazole rings is 1. The van der Waals surface area contributed by atoms with Gasteiger partial charge in [0.05, 0.1) is 31.1 Å². The highest BCUT2D eigenvalue weighted by Gasteiger charge is 2.35. The van der Waals surface area contributed by atoms with Crippen LogP contribution in [0, 0.1) is 18.3 Å². The van der Waals surface area contributed by atoms with Gasteiger partial charge in [0, 0.05) is 29.9 Å². The summed E-state index contributed by atoms with van der Waals surface area (Å²) in [7, 11) is 1.61. The lowest BCUT2D eigenvalue weighted by molar-refractivity contribution is 0.414. The first-order chi connectivity index (χ1) is 14.6. The minimum atomic E-state index is -0.411. The van der Waals surface area contributed by atoms with Crippen molar-refractivity contribution in [3.63, 3.8) is 0 Å². The number of aryl methyl sites for hydroxylation is 1. The molecule has 152 valence electrons. The van der Waals surface area contributed by atoms with Crippen molar-refractivity contribution < 1.29 is 4.74 Å². The van der Waals surface area contributed by atoms with Crippen LogP contribution in [0.25, 0.3) is 5.69 Å². The van der Waals surface area contributed by atoms with Crippen molar-refractivity contribution in [1.29, 1.82) is 5.26 Å². The number of hydrogen-bond donors (Lipinski definition) is 2. The van der Waals surface area contributed by atoms with Crippen LogP contribution in [0.2, 0.25) is 0 Å². The highest BCUT2D eigenvalue weighted by molar-refractivity contribution is 6.13. The molecule has 0 saturated heterocycles. The number of anilines is 1. The topological polar surface area (TPSA) is 129 Å². The predicted octanol–water partition coefficient (Wildman–Crippen LogP) is 0.960. The second-order valence-corrected chi connectivity index (χ2v) is 7.30. The van der Waals surface area contributed by atoms with Gasteiger partial charge in [0.1, 0.15) is 5.75 Å². The summed E-state index contributed by atoms with van der Waals surface area (Å²) in [6.45, 7) is 2.24. The number of aliphatic imine (C=N–C) groups is 1. The number of hydrazone groups is 1. The van der Waals surface area contributed by atoms with Crippen molar-refractivity contribution in [2.75, 3.05) is 19.0 Å². The zero-order valence-corrected chi connectivity index (χ0v) is 16.6. The molecule has 3 aliphatic rings. The van der Waals surface area contributed by atoms with Crippen molar-refractivity contribution in [2.45, 2.75) is 31.8 Å². The number of nitrogens with one attached hydrogen (secondary N) is 2. The molecule has 2 aliphatic heterocycles. The van der Waals surface area contributed by atoms with Gasteiger partial charge in [-0.25, -0.2) is 5.01 Å². The molecule has 11 nitrogen and oxygen atoms in total. The molecule has 1 fully saturated rings. The Balaban J connectivity index is 1.48. The summed E-state index contributed by atoms with van der Waals surface area (Å²) in [5.41, 5.74) is 2.40. The fourth-order valence-electron chi connectivity index (χ4n) is 3.37. The van der Waals surface area contributed by atoms with Gasteiger partial charge in [0.2, 0.25) is 0 Å². The molecule has 1 saturated carbocycles. The fourth-order valence-corrected chi connectivity index (χ4v) is 3.37. The SMILES string of the molecule is COc1cc(NC2=NN3C(=NCC3C#N)C(NC3CC3)=C2)cc(-n2nnnc2C)c1. The molecule has 0 bridgehead atoms. The highest BCUT2D eigenvalue weighted by atomic mass is 16.5. The smallest absolute Gasteiger partial charge is 0.169 e. The Hall–Kier alpha value is -3.94. The number of rotatable bonds is 5. The number of nitriles is 1. The Morgan fingerprint density at radius 3 is 2.83 bits per heavy atom. The van der Waals surface area contributed by atoms with E-state index >= 15 is 0 Å². The zero-order chi connectivity index (χ0) is 20.7. The van der Waals surface area contributed by atoms with Crippen LogP contribution in [-0.2, 0) is 0 Å². The Labute approximate surface area is 172 Å². The van der Waals surface area contributed by atoms with E-state index in [2.05, 4.69) is 42.3 Å². The summed E-state index contributed by atoms with van der Waals surface area (Å²) >= 11 is 0. The van der Waals surface area contributed by atoms with Crippen molar-refractivity contribution in [3.8, 4) is 17.5 Å². The van der Waals surface area contributed by atoms with Gasteiger partial charge in [-0.3, -0.25) is 4.99 Å². The van der Waals surface area contributed by atoms with E-state index in [-0.39, 0.29) is 0 Å². The third-order valence-electron chi connectivity index (χ3n) is 5.02. The second kappa shape index (κ2) is 7.14. The Kier molecular flexibility index (Phi) is 4.31. The number of fused-ring (bicyclic) bond motifs is 1. The molecule has 1 unspecified atom stereocenters. The van der Waals surface area contributed by atoms with Crippen LogP contribution in [0.5, 0.6) is 5.75 Å². The molecule has 30 heavy (non-hydrogen) atoms. The van der Waals surface area contributed by atoms with Crippen molar-refractivity contribution in [2.24, 2.45) is 10.1 Å². The lowest BCUT2D eigenvalue weighted by Gasteiger charge is -2.26. The largest absolute Gasteiger partial charge is 0.497 e. The van der Waals surface area contributed by atoms with Gasteiger partial charge in [0.25, 0.3) is 0 Å². The Bertz CT molecular complexity index is 1120. The van der Waals surface area contributed by atoms with Crippen LogP contribution in [0.1, 0.15) is 18.7 Å². The summed E-state index contributed by atoms with van der Waals surface area (Å²) in [5.74, 6) is 2.64. The third kappa shape index (κ3) is 3.32. The van der Waals surface area contributed by atoms with E-state index in [1.165, 1.54) is 0 Å². The van der Waals surface area contributed by atoms with Crippen molar-refractivity contribution in [1.82, 2.24) is 30.5 Å². The van der Waals surface area contributed by atoms with Gasteiger partial charge in [-0.1, -0.05) is 0 Å². The molecule has 1 aromatic carbocycles. The molecule has 3 heterocycles. The molecule has 1 atom stereocenters. The number of nitrogens with zero attached hydrogens (tertiary/aromatic N) is 8. The van der Waals surface area contributed by atoms with Crippen molar-refractivity contribution in [3.05, 3.63) is 35.8 Å². The predicted molar refractivity (Wildman–Crippen MR) is 109 cm³/mol. The van der Waals surface area contributed by atoms with Gasteiger partial charge >= 0.3 is 0 Å². The summed E-state index contributed by atoms with van der Waals surface area (Å²) in [4.78, 5) is 4.51. The third-order valence-corrected chi connectivity index (χ3v) is 5.02. The normalized spacial score (nSPS) is 20.0. The molecular formula is C19H20N10O. The van der Waals surface area contributed by atoms with Crippen LogP contribution >= 0.6 is 0 Å². The van der Waals surface area contributed by atoms with Crippen LogP contribution in [0.3, 0.4) is 0 Å². The average molecular weight is 404 g/mol. The van der Waals surface area contributed by atoms with Crippen LogP contribution < -0.4 is 15.4 Å². The average Bonchev–Trinajstić information content (AvgIpc) is 3.29. The number of ether oxygens (including phenoxy) is 1. The molecule has 2 N–H and O–H groups in total. The number of methoxy groups -OCH3 is 1. The van der Waals surface area contributed by atoms with E-state index in [1.54, 1.807) is 16.8 Å². The summed E-state index contributed by atoms with van der Waals surface area (Å²) in [6, 6.07) is 7.93. The van der Waals surface area contributed by atoms with E-state index in [0.717, 1.165) is 35.7 Å². The monoisotopic (exact) mass is 404 g/mol. The van der Waals surface area contributed by atoms with E-state index < -0.39 is 6.04 Å². The molecular weight excluding hydrogens is 384 g/mol. The first-order valence-corrected chi connectivity index (χ1v) is 9.66. The highest BCUT2D eigenvalue weighted by Crippen LogP contribution is 2.27. The quantitative estimate of drug-likeness (QED) is 0.754. The van der Waals surface area contributed by atoms with Crippen LogP contribution in [0.15, 0.2) is 40.1 Å². The molecule has 0 spiro atoms. The molecule has 0 amide bonds. The first-order valence-electron chi connectivity index (χ1n) is 9.66. The number of benzene rings is 1. The standard InChI is InChI=1S/C19H20N10O/c1-11-24-26-27-28(11)14-5-13(6-16(7-14)30-2)23-18-8-17(22-12-3-4-12)19-21-10-15(9-20)29(19)25-18/h5-8,12,15,22H,3-4,10H2,1-2H3,(H,23,25). The molecule has 0 radical (unpaired) electrons. The van der Waals surface area contributed by atoms with Crippen molar-refractivity contribution >= 4 is 17.4 Å². The molecule has 1 aromatic heterocycles. The second-order valence-electron chi connectivity index (χ2n) is 7.30. The van der Waals surface area contributed by atoms with Gasteiger partial charge in [-0.05, 0) is 36.3 Å². The minimum absolute atomic E-state index is 0.411. The summed E-state index contributed by atoms with van der Waals surface area (Å²) in [5, 5.41) is 34.2. The number of hydrogen-bond acceptors (Lipinski definition) is 10. The number of amidine groups is 2. The van der Waals surface area contributed by atoms with E-state index in [1.807, 2.05) is 31.2 Å².